The Morgan fingerprint density at radius 3 is 2.45 bits per heavy atom. The van der Waals surface area contributed by atoms with Gasteiger partial charge >= 0.3 is 0 Å². The van der Waals surface area contributed by atoms with Gasteiger partial charge in [0.15, 0.2) is 11.5 Å². The van der Waals surface area contributed by atoms with Gasteiger partial charge in [0.1, 0.15) is 6.61 Å². The second kappa shape index (κ2) is 12.9. The summed E-state index contributed by atoms with van der Waals surface area (Å²) in [5.41, 5.74) is 6.80. The predicted octanol–water partition coefficient (Wildman–Crippen LogP) is 6.01. The average molecular weight is 483 g/mol. The van der Waals surface area contributed by atoms with Crippen molar-refractivity contribution in [3.05, 3.63) is 94.0 Å². The van der Waals surface area contributed by atoms with Crippen molar-refractivity contribution in [3.63, 3.8) is 0 Å². The third-order valence-electron chi connectivity index (χ3n) is 4.60. The highest BCUT2D eigenvalue weighted by Crippen LogP contribution is 2.29. The van der Waals surface area contributed by atoms with Crippen molar-refractivity contribution in [1.82, 2.24) is 5.43 Å². The van der Waals surface area contributed by atoms with E-state index in [1.165, 1.54) is 11.1 Å². The number of nitrogens with zero attached hydrogens (tertiary/aromatic N) is 1. The van der Waals surface area contributed by atoms with Crippen LogP contribution in [0.25, 0.3) is 0 Å². The molecular formula is C26H27ClN2O3S. The topological polar surface area (TPSA) is 59.9 Å². The van der Waals surface area contributed by atoms with E-state index in [1.807, 2.05) is 49.4 Å². The summed E-state index contributed by atoms with van der Waals surface area (Å²) >= 11 is 7.48. The second-order valence-corrected chi connectivity index (χ2v) is 8.75. The first-order valence-electron chi connectivity index (χ1n) is 10.6. The number of aryl methyl sites for hydroxylation is 1. The van der Waals surface area contributed by atoms with Crippen LogP contribution in [-0.2, 0) is 17.2 Å². The lowest BCUT2D eigenvalue weighted by Gasteiger charge is -2.12. The average Bonchev–Trinajstić information content (AvgIpc) is 2.81. The number of hydrazone groups is 1. The van der Waals surface area contributed by atoms with Gasteiger partial charge in [-0.2, -0.15) is 5.10 Å². The van der Waals surface area contributed by atoms with E-state index >= 15 is 0 Å². The van der Waals surface area contributed by atoms with E-state index in [1.54, 1.807) is 18.0 Å². The monoisotopic (exact) mass is 482 g/mol. The van der Waals surface area contributed by atoms with Crippen molar-refractivity contribution in [3.8, 4) is 11.5 Å². The highest BCUT2D eigenvalue weighted by Gasteiger charge is 2.07. The van der Waals surface area contributed by atoms with Crippen LogP contribution in [0.3, 0.4) is 0 Å². The molecule has 0 saturated carbocycles. The molecule has 0 aliphatic heterocycles. The molecule has 3 rings (SSSR count). The fraction of sp³-hybridized carbons (Fsp3) is 0.231. The molecule has 0 aliphatic carbocycles. The number of rotatable bonds is 11. The molecule has 33 heavy (non-hydrogen) atoms. The van der Waals surface area contributed by atoms with Crippen LogP contribution < -0.4 is 14.9 Å². The summed E-state index contributed by atoms with van der Waals surface area (Å²) in [5.74, 6) is 2.24. The molecule has 0 atom stereocenters. The van der Waals surface area contributed by atoms with E-state index in [0.717, 1.165) is 16.9 Å². The van der Waals surface area contributed by atoms with Gasteiger partial charge < -0.3 is 9.47 Å². The summed E-state index contributed by atoms with van der Waals surface area (Å²) in [6.07, 6.45) is 1.59. The van der Waals surface area contributed by atoms with Crippen LogP contribution in [0.15, 0.2) is 71.8 Å². The molecule has 1 N–H and O–H groups in total. The summed E-state index contributed by atoms with van der Waals surface area (Å²) in [6, 6.07) is 21.4. The molecule has 7 heteroatoms. The Balaban J connectivity index is 1.49. The molecule has 5 nitrogen and oxygen atoms in total. The molecule has 0 spiro atoms. The number of ether oxygens (including phenoxy) is 2. The molecule has 0 saturated heterocycles. The molecule has 0 bridgehead atoms. The Morgan fingerprint density at radius 1 is 1.00 bits per heavy atom. The van der Waals surface area contributed by atoms with Crippen LogP contribution >= 0.6 is 23.4 Å². The van der Waals surface area contributed by atoms with E-state index in [0.29, 0.717) is 35.5 Å². The fourth-order valence-electron chi connectivity index (χ4n) is 2.89. The van der Waals surface area contributed by atoms with E-state index in [9.17, 15) is 4.79 Å². The number of nitrogens with one attached hydrogen (secondary N) is 1. The van der Waals surface area contributed by atoms with Gasteiger partial charge in [-0.1, -0.05) is 53.6 Å². The zero-order valence-corrected chi connectivity index (χ0v) is 20.3. The minimum absolute atomic E-state index is 0.142. The molecule has 172 valence electrons. The summed E-state index contributed by atoms with van der Waals surface area (Å²) in [6.45, 7) is 4.88. The Bertz CT molecular complexity index is 1070. The summed E-state index contributed by atoms with van der Waals surface area (Å²) in [7, 11) is 0. The first-order valence-corrected chi connectivity index (χ1v) is 12.2. The van der Waals surface area contributed by atoms with E-state index in [-0.39, 0.29) is 5.91 Å². The van der Waals surface area contributed by atoms with Crippen molar-refractivity contribution >= 4 is 35.5 Å². The van der Waals surface area contributed by atoms with Gasteiger partial charge in [-0.05, 0) is 60.9 Å². The number of hydrogen-bond donors (Lipinski definition) is 1. The zero-order valence-electron chi connectivity index (χ0n) is 18.7. The molecule has 0 radical (unpaired) electrons. The lowest BCUT2D eigenvalue weighted by Crippen LogP contribution is -2.19. The summed E-state index contributed by atoms with van der Waals surface area (Å²) in [5, 5.41) is 4.75. The largest absolute Gasteiger partial charge is 0.490 e. The number of carbonyl (C=O) groups is 1. The van der Waals surface area contributed by atoms with Crippen molar-refractivity contribution < 1.29 is 14.3 Å². The zero-order chi connectivity index (χ0) is 23.5. The molecule has 0 aliphatic rings. The van der Waals surface area contributed by atoms with Crippen LogP contribution in [0, 0.1) is 6.92 Å². The maximum Gasteiger partial charge on any atom is 0.250 e. The minimum atomic E-state index is -0.142. The number of amides is 1. The normalized spacial score (nSPS) is 10.9. The third kappa shape index (κ3) is 8.48. The molecule has 0 aromatic heterocycles. The molecule has 3 aromatic rings. The highest BCUT2D eigenvalue weighted by atomic mass is 35.5. The predicted molar refractivity (Wildman–Crippen MR) is 136 cm³/mol. The number of benzene rings is 3. The summed E-state index contributed by atoms with van der Waals surface area (Å²) in [4.78, 5) is 12.0. The molecule has 0 heterocycles. The first kappa shape index (κ1) is 24.7. The van der Waals surface area contributed by atoms with Crippen molar-refractivity contribution in [2.24, 2.45) is 5.10 Å². The van der Waals surface area contributed by atoms with Crippen LogP contribution in [0.5, 0.6) is 11.5 Å². The SMILES string of the molecule is CCOc1cc(/C=N\NC(=O)CSCc2ccc(C)cc2)ccc1OCc1ccc(Cl)cc1. The first-order chi connectivity index (χ1) is 16.0. The van der Waals surface area contributed by atoms with Gasteiger partial charge in [0.25, 0.3) is 0 Å². The molecule has 0 unspecified atom stereocenters. The minimum Gasteiger partial charge on any atom is -0.490 e. The molecule has 1 amide bonds. The van der Waals surface area contributed by atoms with Gasteiger partial charge in [0.05, 0.1) is 18.6 Å². The van der Waals surface area contributed by atoms with E-state index in [4.69, 9.17) is 21.1 Å². The number of carbonyl (C=O) groups excluding carboxylic acids is 1. The lowest BCUT2D eigenvalue weighted by molar-refractivity contribution is -0.118. The maximum absolute atomic E-state index is 12.0. The Kier molecular flexibility index (Phi) is 9.66. The number of thioether (sulfide) groups is 1. The fourth-order valence-corrected chi connectivity index (χ4v) is 3.80. The quantitative estimate of drug-likeness (QED) is 0.268. The number of halogens is 1. The second-order valence-electron chi connectivity index (χ2n) is 7.33. The third-order valence-corrected chi connectivity index (χ3v) is 5.86. The Labute approximate surface area is 204 Å². The molecule has 0 fully saturated rings. The summed E-state index contributed by atoms with van der Waals surface area (Å²) < 4.78 is 11.6. The van der Waals surface area contributed by atoms with Gasteiger partial charge in [0, 0.05) is 10.8 Å². The Hall–Kier alpha value is -2.96. The van der Waals surface area contributed by atoms with Crippen LogP contribution in [0.1, 0.15) is 29.2 Å². The van der Waals surface area contributed by atoms with Crippen molar-refractivity contribution in [2.45, 2.75) is 26.2 Å². The van der Waals surface area contributed by atoms with Crippen molar-refractivity contribution in [1.29, 1.82) is 0 Å². The maximum atomic E-state index is 12.0. The molecule has 3 aromatic carbocycles. The van der Waals surface area contributed by atoms with Crippen molar-refractivity contribution in [2.75, 3.05) is 12.4 Å². The highest BCUT2D eigenvalue weighted by molar-refractivity contribution is 7.99. The van der Waals surface area contributed by atoms with Crippen LogP contribution in [0.4, 0.5) is 0 Å². The lowest BCUT2D eigenvalue weighted by atomic mass is 10.2. The smallest absolute Gasteiger partial charge is 0.250 e. The van der Waals surface area contributed by atoms with Gasteiger partial charge in [-0.25, -0.2) is 5.43 Å². The van der Waals surface area contributed by atoms with Crippen LogP contribution in [-0.4, -0.2) is 24.5 Å². The van der Waals surface area contributed by atoms with Gasteiger partial charge in [-0.3, -0.25) is 4.79 Å². The van der Waals surface area contributed by atoms with Gasteiger partial charge in [-0.15, -0.1) is 11.8 Å². The molecular weight excluding hydrogens is 456 g/mol. The van der Waals surface area contributed by atoms with E-state index in [2.05, 4.69) is 41.7 Å². The van der Waals surface area contributed by atoms with E-state index < -0.39 is 0 Å². The van der Waals surface area contributed by atoms with Gasteiger partial charge in [0.2, 0.25) is 5.91 Å². The standard InChI is InChI=1S/C26H27ClN2O3S/c1-3-31-25-14-22(10-13-24(25)32-16-20-8-11-23(27)12-9-20)15-28-29-26(30)18-33-17-21-6-4-19(2)5-7-21/h4-15H,3,16-18H2,1-2H3,(H,29,30)/b28-15-. The number of hydrogen-bond acceptors (Lipinski definition) is 5. The van der Waals surface area contributed by atoms with Crippen LogP contribution in [0.2, 0.25) is 5.02 Å². The Morgan fingerprint density at radius 2 is 1.73 bits per heavy atom.